The van der Waals surface area contributed by atoms with Crippen LogP contribution in [-0.2, 0) is 22.6 Å². The van der Waals surface area contributed by atoms with E-state index in [1.165, 1.54) is 76.6 Å². The molecule has 1 aromatic carbocycles. The van der Waals surface area contributed by atoms with Crippen LogP contribution < -0.4 is 5.32 Å². The zero-order valence-electron chi connectivity index (χ0n) is 19.2. The molecule has 3 aliphatic rings. The number of unbranched alkanes of at least 4 members (excludes halogenated alkanes) is 5. The van der Waals surface area contributed by atoms with Crippen molar-refractivity contribution in [1.82, 2.24) is 15.1 Å². The van der Waals surface area contributed by atoms with E-state index in [0.717, 1.165) is 24.0 Å². The third-order valence-corrected chi connectivity index (χ3v) is 7.30. The first-order valence-electron chi connectivity index (χ1n) is 12.6. The second-order valence-corrected chi connectivity index (χ2v) is 9.62. The molecule has 3 amide bonds. The lowest BCUT2D eigenvalue weighted by Gasteiger charge is -2.29. The molecule has 0 spiro atoms. The smallest absolute Gasteiger partial charge is 0.255 e. The zero-order chi connectivity index (χ0) is 22.3. The predicted octanol–water partition coefficient (Wildman–Crippen LogP) is 3.82. The van der Waals surface area contributed by atoms with Gasteiger partial charge in [0, 0.05) is 18.5 Å². The zero-order valence-corrected chi connectivity index (χ0v) is 19.2. The highest BCUT2D eigenvalue weighted by Crippen LogP contribution is 2.30. The molecule has 2 fully saturated rings. The predicted molar refractivity (Wildman–Crippen MR) is 124 cm³/mol. The number of hydrogen-bond donors (Lipinski definition) is 1. The Morgan fingerprint density at radius 1 is 0.906 bits per heavy atom. The van der Waals surface area contributed by atoms with Crippen LogP contribution in [0.15, 0.2) is 18.2 Å². The number of likely N-dealkylation sites (tertiary alicyclic amines) is 1. The van der Waals surface area contributed by atoms with E-state index >= 15 is 0 Å². The maximum absolute atomic E-state index is 12.9. The van der Waals surface area contributed by atoms with Gasteiger partial charge >= 0.3 is 0 Å². The van der Waals surface area contributed by atoms with Crippen LogP contribution in [0.1, 0.15) is 92.1 Å². The van der Waals surface area contributed by atoms with E-state index in [2.05, 4.69) is 16.3 Å². The molecule has 174 valence electrons. The second-order valence-electron chi connectivity index (χ2n) is 9.62. The highest BCUT2D eigenvalue weighted by molar-refractivity contribution is 6.05. The first-order valence-corrected chi connectivity index (χ1v) is 12.6. The Bertz CT molecular complexity index is 832. The van der Waals surface area contributed by atoms with Crippen molar-refractivity contribution in [1.29, 1.82) is 0 Å². The van der Waals surface area contributed by atoms with E-state index in [0.29, 0.717) is 19.4 Å². The van der Waals surface area contributed by atoms with Gasteiger partial charge in [0.05, 0.1) is 0 Å². The number of amides is 3. The molecule has 3 aliphatic heterocycles. The number of carbonyl (C=O) groups is 3. The van der Waals surface area contributed by atoms with Crippen LogP contribution in [0.5, 0.6) is 0 Å². The first kappa shape index (κ1) is 23.0. The van der Waals surface area contributed by atoms with Crippen molar-refractivity contribution in [3.63, 3.8) is 0 Å². The second kappa shape index (κ2) is 11.1. The normalized spacial score (nSPS) is 21.7. The van der Waals surface area contributed by atoms with E-state index < -0.39 is 6.04 Å². The van der Waals surface area contributed by atoms with Gasteiger partial charge in [-0.3, -0.25) is 19.7 Å². The Kier molecular flexibility index (Phi) is 7.95. The molecule has 0 bridgehead atoms. The fourth-order valence-electron chi connectivity index (χ4n) is 5.43. The van der Waals surface area contributed by atoms with E-state index in [4.69, 9.17) is 0 Å². The number of rotatable bonds is 10. The molecular weight excluding hydrogens is 402 g/mol. The third-order valence-electron chi connectivity index (χ3n) is 7.30. The van der Waals surface area contributed by atoms with Gasteiger partial charge in [0.25, 0.3) is 5.91 Å². The van der Waals surface area contributed by atoms with Crippen molar-refractivity contribution in [3.8, 4) is 0 Å². The number of benzene rings is 1. The van der Waals surface area contributed by atoms with Gasteiger partial charge < -0.3 is 9.80 Å². The molecule has 6 nitrogen and oxygen atoms in total. The van der Waals surface area contributed by atoms with Crippen LogP contribution >= 0.6 is 0 Å². The molecule has 3 heterocycles. The number of fused-ring (bicyclic) bond motifs is 1. The summed E-state index contributed by atoms with van der Waals surface area (Å²) in [5.41, 5.74) is 3.03. The van der Waals surface area contributed by atoms with Crippen LogP contribution in [0, 0.1) is 0 Å². The minimum absolute atomic E-state index is 0.0787. The van der Waals surface area contributed by atoms with Crippen molar-refractivity contribution in [2.24, 2.45) is 0 Å². The van der Waals surface area contributed by atoms with Crippen LogP contribution in [0.2, 0.25) is 0 Å². The summed E-state index contributed by atoms with van der Waals surface area (Å²) in [5.74, 6) is -0.670. The molecule has 0 saturated carbocycles. The molecular formula is C26H37N3O3. The van der Waals surface area contributed by atoms with Crippen molar-refractivity contribution < 1.29 is 14.4 Å². The average Bonchev–Trinajstić information content (AvgIpc) is 3.13. The number of piperidine rings is 2. The molecule has 2 saturated heterocycles. The van der Waals surface area contributed by atoms with Crippen molar-refractivity contribution in [3.05, 3.63) is 34.9 Å². The summed E-state index contributed by atoms with van der Waals surface area (Å²) < 4.78 is 0. The Hall–Kier alpha value is -2.21. The molecule has 0 radical (unpaired) electrons. The largest absolute Gasteiger partial charge is 0.322 e. The topological polar surface area (TPSA) is 69.7 Å². The minimum Gasteiger partial charge on any atom is -0.322 e. The van der Waals surface area contributed by atoms with Gasteiger partial charge in [-0.05, 0) is 75.4 Å². The van der Waals surface area contributed by atoms with E-state index in [9.17, 15) is 14.4 Å². The molecule has 0 aliphatic carbocycles. The van der Waals surface area contributed by atoms with Crippen molar-refractivity contribution in [2.45, 2.75) is 89.6 Å². The molecule has 1 aromatic rings. The highest BCUT2D eigenvalue weighted by Gasteiger charge is 2.39. The summed E-state index contributed by atoms with van der Waals surface area (Å²) in [5, 5.41) is 2.38. The average molecular weight is 440 g/mol. The van der Waals surface area contributed by atoms with Crippen molar-refractivity contribution >= 4 is 17.7 Å². The lowest BCUT2D eigenvalue weighted by atomic mass is 9.98. The quantitative estimate of drug-likeness (QED) is 0.445. The van der Waals surface area contributed by atoms with Gasteiger partial charge in [0.1, 0.15) is 6.04 Å². The van der Waals surface area contributed by atoms with Crippen LogP contribution in [0.3, 0.4) is 0 Å². The van der Waals surface area contributed by atoms with Crippen molar-refractivity contribution in [2.75, 3.05) is 19.6 Å². The molecule has 4 rings (SSSR count). The number of nitrogens with zero attached hydrogens (tertiary/aromatic N) is 2. The Morgan fingerprint density at radius 3 is 2.44 bits per heavy atom. The molecule has 0 aromatic heterocycles. The summed E-state index contributed by atoms with van der Waals surface area (Å²) in [6.45, 7) is 4.34. The summed E-state index contributed by atoms with van der Waals surface area (Å²) in [4.78, 5) is 40.9. The summed E-state index contributed by atoms with van der Waals surface area (Å²) in [6.07, 6.45) is 13.4. The number of hydrogen-bond acceptors (Lipinski definition) is 4. The van der Waals surface area contributed by atoms with Gasteiger partial charge in [-0.25, -0.2) is 0 Å². The maximum Gasteiger partial charge on any atom is 0.255 e. The minimum atomic E-state index is -0.537. The lowest BCUT2D eigenvalue weighted by Crippen LogP contribution is -2.52. The number of nitrogens with one attached hydrogen (secondary N) is 1. The van der Waals surface area contributed by atoms with Gasteiger partial charge in [0.2, 0.25) is 11.8 Å². The first-order chi connectivity index (χ1) is 15.6. The van der Waals surface area contributed by atoms with E-state index in [-0.39, 0.29) is 17.7 Å². The van der Waals surface area contributed by atoms with Crippen LogP contribution in [0.4, 0.5) is 0 Å². The number of aryl methyl sites for hydroxylation is 1. The Morgan fingerprint density at radius 2 is 1.66 bits per heavy atom. The molecule has 32 heavy (non-hydrogen) atoms. The molecule has 1 atom stereocenters. The maximum atomic E-state index is 12.9. The van der Waals surface area contributed by atoms with Gasteiger partial charge in [-0.2, -0.15) is 0 Å². The standard InChI is InChI=1S/C26H37N3O3/c30-24-15-14-23(25(31)27-24)29-19-22-20(12-10-13-21(22)26(29)32)11-6-3-1-2-4-7-16-28-17-8-5-9-18-28/h10,12-13,23H,1-9,11,14-19H2,(H,27,30,31). The van der Waals surface area contributed by atoms with E-state index in [1.807, 2.05) is 12.1 Å². The Balaban J connectivity index is 1.19. The number of imide groups is 1. The SMILES string of the molecule is O=C1CCC(N2Cc3c(CCCCCCCCN4CCCCC4)cccc3C2=O)C(=O)N1. The van der Waals surface area contributed by atoms with Crippen LogP contribution in [0.25, 0.3) is 0 Å². The summed E-state index contributed by atoms with van der Waals surface area (Å²) >= 11 is 0. The monoisotopic (exact) mass is 439 g/mol. The van der Waals surface area contributed by atoms with Gasteiger partial charge in [-0.15, -0.1) is 0 Å². The molecule has 1 unspecified atom stereocenters. The fourth-order valence-corrected chi connectivity index (χ4v) is 5.43. The van der Waals surface area contributed by atoms with Crippen LogP contribution in [-0.4, -0.2) is 53.2 Å². The highest BCUT2D eigenvalue weighted by atomic mass is 16.2. The Labute approximate surface area is 191 Å². The fraction of sp³-hybridized carbons (Fsp3) is 0.654. The third kappa shape index (κ3) is 5.58. The van der Waals surface area contributed by atoms with E-state index in [1.54, 1.807) is 4.90 Å². The lowest BCUT2D eigenvalue weighted by molar-refractivity contribution is -0.136. The molecule has 1 N–H and O–H groups in total. The summed E-state index contributed by atoms with van der Waals surface area (Å²) in [6, 6.07) is 5.42. The summed E-state index contributed by atoms with van der Waals surface area (Å²) in [7, 11) is 0. The van der Waals surface area contributed by atoms with Gasteiger partial charge in [-0.1, -0.05) is 44.2 Å². The van der Waals surface area contributed by atoms with Gasteiger partial charge in [0.15, 0.2) is 0 Å². The number of carbonyl (C=O) groups excluding carboxylic acids is 3. The molecule has 6 heteroatoms.